The summed E-state index contributed by atoms with van der Waals surface area (Å²) in [6, 6.07) is 12.2. The van der Waals surface area contributed by atoms with Gasteiger partial charge in [-0.25, -0.2) is 8.42 Å². The Morgan fingerprint density at radius 1 is 1.06 bits per heavy atom. The first kappa shape index (κ1) is 26.9. The highest BCUT2D eigenvalue weighted by atomic mass is 32.2. The van der Waals surface area contributed by atoms with E-state index in [-0.39, 0.29) is 16.4 Å². The third kappa shape index (κ3) is 6.12. The predicted molar refractivity (Wildman–Crippen MR) is 139 cm³/mol. The molecule has 0 amide bonds. The van der Waals surface area contributed by atoms with Gasteiger partial charge >= 0.3 is 0 Å². The minimum atomic E-state index is -3.99. The van der Waals surface area contributed by atoms with Gasteiger partial charge in [-0.3, -0.25) is 4.79 Å². The molecule has 1 aromatic heterocycles. The van der Waals surface area contributed by atoms with Crippen molar-refractivity contribution >= 4 is 26.8 Å². The Morgan fingerprint density at radius 3 is 2.51 bits per heavy atom. The highest BCUT2D eigenvalue weighted by Crippen LogP contribution is 2.34. The molecule has 35 heavy (non-hydrogen) atoms. The van der Waals surface area contributed by atoms with Crippen molar-refractivity contribution in [2.24, 2.45) is 5.73 Å². The van der Waals surface area contributed by atoms with Crippen LogP contribution in [0.25, 0.3) is 11.0 Å². The largest absolute Gasteiger partial charge is 0.493 e. The molecule has 7 nitrogen and oxygen atoms in total. The zero-order valence-corrected chi connectivity index (χ0v) is 21.7. The van der Waals surface area contributed by atoms with Crippen LogP contribution in [-0.4, -0.2) is 45.3 Å². The molecule has 3 aromatic rings. The summed E-state index contributed by atoms with van der Waals surface area (Å²) in [6.07, 6.45) is 5.01. The first-order valence-electron chi connectivity index (χ1n) is 12.3. The number of hydrogen-bond acceptors (Lipinski definition) is 6. The Labute approximate surface area is 208 Å². The summed E-state index contributed by atoms with van der Waals surface area (Å²) in [7, 11) is -2.48. The van der Waals surface area contributed by atoms with Crippen LogP contribution in [0.5, 0.6) is 5.75 Å². The zero-order valence-electron chi connectivity index (χ0n) is 20.9. The van der Waals surface area contributed by atoms with Crippen molar-refractivity contribution in [3.63, 3.8) is 0 Å². The number of ether oxygens (including phenoxy) is 1. The molecule has 0 unspecified atom stereocenters. The fourth-order valence-corrected chi connectivity index (χ4v) is 5.20. The number of para-hydroxylation sites is 1. The normalized spacial score (nSPS) is 11.9. The fraction of sp³-hybridized carbons (Fsp3) is 0.444. The average molecular weight is 501 g/mol. The van der Waals surface area contributed by atoms with Crippen LogP contribution in [0.15, 0.2) is 52.0 Å². The Morgan fingerprint density at radius 2 is 1.80 bits per heavy atom. The van der Waals surface area contributed by atoms with Crippen molar-refractivity contribution in [1.82, 2.24) is 4.31 Å². The summed E-state index contributed by atoms with van der Waals surface area (Å²) in [5.74, 6) is 0.344. The van der Waals surface area contributed by atoms with Crippen LogP contribution in [0.2, 0.25) is 0 Å². The van der Waals surface area contributed by atoms with Gasteiger partial charge in [-0.15, -0.1) is 0 Å². The highest BCUT2D eigenvalue weighted by Gasteiger charge is 2.33. The van der Waals surface area contributed by atoms with E-state index < -0.39 is 10.0 Å². The molecule has 0 saturated heterocycles. The van der Waals surface area contributed by atoms with E-state index >= 15 is 0 Å². The quantitative estimate of drug-likeness (QED) is 0.242. The maximum absolute atomic E-state index is 13.8. The molecule has 0 spiro atoms. The molecule has 3 rings (SSSR count). The van der Waals surface area contributed by atoms with Crippen LogP contribution in [-0.2, 0) is 16.4 Å². The van der Waals surface area contributed by atoms with Crippen LogP contribution in [0.3, 0.4) is 0 Å². The fourth-order valence-electron chi connectivity index (χ4n) is 3.90. The van der Waals surface area contributed by atoms with Crippen molar-refractivity contribution in [2.45, 2.75) is 57.5 Å². The Kier molecular flexibility index (Phi) is 9.48. The molecule has 0 fully saturated rings. The van der Waals surface area contributed by atoms with Crippen molar-refractivity contribution in [1.29, 1.82) is 0 Å². The van der Waals surface area contributed by atoms with Gasteiger partial charge in [0.1, 0.15) is 11.3 Å². The number of carbonyl (C=O) groups excluding carboxylic acids is 1. The van der Waals surface area contributed by atoms with E-state index in [0.717, 1.165) is 43.4 Å². The van der Waals surface area contributed by atoms with E-state index in [0.29, 0.717) is 42.6 Å². The second-order valence-electron chi connectivity index (χ2n) is 8.69. The summed E-state index contributed by atoms with van der Waals surface area (Å²) < 4.78 is 39.8. The number of hydrogen-bond donors (Lipinski definition) is 1. The first-order chi connectivity index (χ1) is 16.8. The SMILES string of the molecule is CCCCc1cc(C(=O)c2c(S(=O)(=O)N(C)CCCC)oc3ccccc23)ccc1OCCCN. The number of carbonyl (C=O) groups is 1. The number of aryl methyl sites for hydroxylation is 1. The topological polar surface area (TPSA) is 103 Å². The van der Waals surface area contributed by atoms with E-state index in [4.69, 9.17) is 14.9 Å². The van der Waals surface area contributed by atoms with Gasteiger partial charge in [0.15, 0.2) is 5.78 Å². The standard InChI is InChI=1S/C27H36N2O5S/c1-4-6-11-20-19-21(14-15-23(20)33-18-10-16-28)26(30)25-22-12-8-9-13-24(22)34-27(25)35(31,32)29(3)17-7-5-2/h8-9,12-15,19H,4-7,10-11,16-18,28H2,1-3H3. The lowest BCUT2D eigenvalue weighted by atomic mass is 9.98. The number of benzene rings is 2. The second kappa shape index (κ2) is 12.3. The molecular formula is C27H36N2O5S. The van der Waals surface area contributed by atoms with E-state index in [1.807, 2.05) is 13.0 Å². The van der Waals surface area contributed by atoms with Gasteiger partial charge in [0.25, 0.3) is 10.0 Å². The summed E-state index contributed by atoms with van der Waals surface area (Å²) in [6.45, 7) is 5.49. The Bertz CT molecular complexity index is 1250. The van der Waals surface area contributed by atoms with E-state index in [1.165, 1.54) is 11.4 Å². The number of fused-ring (bicyclic) bond motifs is 1. The smallest absolute Gasteiger partial charge is 0.277 e. The molecule has 0 aliphatic heterocycles. The van der Waals surface area contributed by atoms with Crippen molar-refractivity contribution < 1.29 is 22.4 Å². The van der Waals surface area contributed by atoms with E-state index in [2.05, 4.69) is 6.92 Å². The van der Waals surface area contributed by atoms with Crippen molar-refractivity contribution in [3.8, 4) is 5.75 Å². The monoisotopic (exact) mass is 500 g/mol. The number of rotatable bonds is 14. The van der Waals surface area contributed by atoms with Gasteiger partial charge in [0.2, 0.25) is 5.09 Å². The average Bonchev–Trinajstić information content (AvgIpc) is 3.26. The van der Waals surface area contributed by atoms with E-state index in [9.17, 15) is 13.2 Å². The number of nitrogens with two attached hydrogens (primary N) is 1. The van der Waals surface area contributed by atoms with Gasteiger partial charge in [-0.05, 0) is 62.1 Å². The second-order valence-corrected chi connectivity index (χ2v) is 10.6. The summed E-state index contributed by atoms with van der Waals surface area (Å²) >= 11 is 0. The van der Waals surface area contributed by atoms with Gasteiger partial charge in [0.05, 0.1) is 12.2 Å². The number of sulfonamides is 1. The molecule has 8 heteroatoms. The minimum absolute atomic E-state index is 0.0715. The molecule has 0 aliphatic rings. The zero-order chi connectivity index (χ0) is 25.4. The lowest BCUT2D eigenvalue weighted by molar-refractivity contribution is 0.103. The number of unbranched alkanes of at least 4 members (excludes halogenated alkanes) is 2. The lowest BCUT2D eigenvalue weighted by Crippen LogP contribution is -2.28. The van der Waals surface area contributed by atoms with Gasteiger partial charge in [-0.1, -0.05) is 44.9 Å². The number of ketones is 1. The van der Waals surface area contributed by atoms with E-state index in [1.54, 1.807) is 36.4 Å². The highest BCUT2D eigenvalue weighted by molar-refractivity contribution is 7.89. The molecule has 0 saturated carbocycles. The molecule has 0 radical (unpaired) electrons. The molecule has 0 bridgehead atoms. The number of nitrogens with zero attached hydrogens (tertiary/aromatic N) is 1. The maximum atomic E-state index is 13.8. The van der Waals surface area contributed by atoms with Crippen LogP contribution < -0.4 is 10.5 Å². The summed E-state index contributed by atoms with van der Waals surface area (Å²) in [4.78, 5) is 13.8. The van der Waals surface area contributed by atoms with Crippen molar-refractivity contribution in [2.75, 3.05) is 26.7 Å². The molecule has 1 heterocycles. The number of furan rings is 1. The van der Waals surface area contributed by atoms with Gasteiger partial charge in [-0.2, -0.15) is 4.31 Å². The molecular weight excluding hydrogens is 464 g/mol. The Hall–Kier alpha value is -2.68. The predicted octanol–water partition coefficient (Wildman–Crippen LogP) is 5.15. The van der Waals surface area contributed by atoms with Crippen molar-refractivity contribution in [3.05, 3.63) is 59.2 Å². The molecule has 190 valence electrons. The summed E-state index contributed by atoms with van der Waals surface area (Å²) in [5.41, 5.74) is 7.35. The summed E-state index contributed by atoms with van der Waals surface area (Å²) in [5, 5.41) is 0.180. The van der Waals surface area contributed by atoms with Crippen LogP contribution in [0, 0.1) is 0 Å². The van der Waals surface area contributed by atoms with Gasteiger partial charge < -0.3 is 14.9 Å². The first-order valence-corrected chi connectivity index (χ1v) is 13.8. The third-order valence-corrected chi connectivity index (χ3v) is 7.75. The third-order valence-electron chi connectivity index (χ3n) is 5.99. The van der Waals surface area contributed by atoms with Gasteiger partial charge in [0, 0.05) is 24.5 Å². The minimum Gasteiger partial charge on any atom is -0.493 e. The molecule has 2 N–H and O–H groups in total. The van der Waals surface area contributed by atoms with Crippen LogP contribution in [0.4, 0.5) is 0 Å². The molecule has 2 aromatic carbocycles. The Balaban J connectivity index is 2.08. The lowest BCUT2D eigenvalue weighted by Gasteiger charge is -2.16. The molecule has 0 atom stereocenters. The van der Waals surface area contributed by atoms with Crippen LogP contribution in [0.1, 0.15) is 67.4 Å². The maximum Gasteiger partial charge on any atom is 0.277 e. The van der Waals surface area contributed by atoms with Crippen LogP contribution >= 0.6 is 0 Å². The molecule has 0 aliphatic carbocycles.